The van der Waals surface area contributed by atoms with E-state index >= 15 is 0 Å². The maximum absolute atomic E-state index is 11.0. The predicted octanol–water partition coefficient (Wildman–Crippen LogP) is 2.23. The third-order valence-corrected chi connectivity index (χ3v) is 3.63. The Balaban J connectivity index is 2.82. The van der Waals surface area contributed by atoms with E-state index in [4.69, 9.17) is 10.2 Å². The molecular weight excluding hydrogens is 208 g/mol. The molecule has 0 aromatic rings. The number of carboxylic acid groups (broad SMARTS) is 2. The molecule has 0 aromatic heterocycles. The molecule has 4 nitrogen and oxygen atoms in total. The van der Waals surface area contributed by atoms with Crippen LogP contribution in [0.4, 0.5) is 0 Å². The summed E-state index contributed by atoms with van der Waals surface area (Å²) in [6.07, 6.45) is 1.47. The molecule has 0 aromatic carbocycles. The maximum Gasteiger partial charge on any atom is 0.306 e. The lowest BCUT2D eigenvalue weighted by Crippen LogP contribution is -2.36. The molecule has 4 heteroatoms. The average molecular weight is 228 g/mol. The minimum absolute atomic E-state index is 0.0260. The first kappa shape index (κ1) is 13.0. The van der Waals surface area contributed by atoms with Gasteiger partial charge in [-0.25, -0.2) is 0 Å². The van der Waals surface area contributed by atoms with Crippen LogP contribution in [0.3, 0.4) is 0 Å². The number of rotatable bonds is 2. The van der Waals surface area contributed by atoms with Crippen molar-refractivity contribution < 1.29 is 19.8 Å². The third kappa shape index (κ3) is 2.97. The van der Waals surface area contributed by atoms with E-state index in [0.717, 1.165) is 0 Å². The molecule has 0 aliphatic heterocycles. The SMILES string of the molecule is CC(C)(C)C1C[C@@H](C(=O)O)C[C@@H](C(=O)O)C1. The van der Waals surface area contributed by atoms with Crippen molar-refractivity contribution in [3.63, 3.8) is 0 Å². The summed E-state index contributed by atoms with van der Waals surface area (Å²) in [5.74, 6) is -2.55. The van der Waals surface area contributed by atoms with Crippen LogP contribution in [0, 0.1) is 23.2 Å². The molecule has 1 aliphatic carbocycles. The van der Waals surface area contributed by atoms with Crippen LogP contribution in [0.5, 0.6) is 0 Å². The standard InChI is InChI=1S/C12H20O4/c1-12(2,3)9-5-7(10(13)14)4-8(6-9)11(15)16/h7-9H,4-6H2,1-3H3,(H,13,14)(H,15,16)/t7-,8+,9?. The molecule has 1 saturated carbocycles. The topological polar surface area (TPSA) is 74.6 Å². The molecule has 1 rings (SSSR count). The van der Waals surface area contributed by atoms with Gasteiger partial charge in [0.05, 0.1) is 11.8 Å². The number of hydrogen-bond acceptors (Lipinski definition) is 2. The van der Waals surface area contributed by atoms with Gasteiger partial charge in [0.25, 0.3) is 0 Å². The van der Waals surface area contributed by atoms with Crippen LogP contribution in [-0.2, 0) is 9.59 Å². The molecule has 92 valence electrons. The first-order valence-corrected chi connectivity index (χ1v) is 5.67. The molecule has 1 aliphatic rings. The summed E-state index contributed by atoms with van der Waals surface area (Å²) in [6.45, 7) is 6.13. The number of aliphatic carboxylic acids is 2. The van der Waals surface area contributed by atoms with Crippen LogP contribution in [0.2, 0.25) is 0 Å². The van der Waals surface area contributed by atoms with Gasteiger partial charge in [0, 0.05) is 0 Å². The van der Waals surface area contributed by atoms with Crippen molar-refractivity contribution >= 4 is 11.9 Å². The Bertz CT molecular complexity index is 268. The Hall–Kier alpha value is -1.06. The minimum atomic E-state index is -0.861. The summed E-state index contributed by atoms with van der Waals surface area (Å²) in [7, 11) is 0. The summed E-state index contributed by atoms with van der Waals surface area (Å²) in [4.78, 5) is 22.0. The zero-order chi connectivity index (χ0) is 12.5. The van der Waals surface area contributed by atoms with Crippen LogP contribution in [0.25, 0.3) is 0 Å². The van der Waals surface area contributed by atoms with E-state index in [1.807, 2.05) is 20.8 Å². The Kier molecular flexibility index (Phi) is 3.61. The van der Waals surface area contributed by atoms with Gasteiger partial charge in [-0.3, -0.25) is 9.59 Å². The van der Waals surface area contributed by atoms with Gasteiger partial charge in [-0.05, 0) is 30.6 Å². The van der Waals surface area contributed by atoms with Crippen LogP contribution in [-0.4, -0.2) is 22.2 Å². The second-order valence-electron chi connectivity index (χ2n) is 5.84. The predicted molar refractivity (Wildman–Crippen MR) is 59.0 cm³/mol. The Morgan fingerprint density at radius 3 is 1.56 bits per heavy atom. The number of hydrogen-bond donors (Lipinski definition) is 2. The van der Waals surface area contributed by atoms with Crippen molar-refractivity contribution in [2.24, 2.45) is 23.2 Å². The highest BCUT2D eigenvalue weighted by Crippen LogP contribution is 2.42. The summed E-state index contributed by atoms with van der Waals surface area (Å²) >= 11 is 0. The van der Waals surface area contributed by atoms with Gasteiger partial charge in [-0.1, -0.05) is 20.8 Å². The molecule has 2 N–H and O–H groups in total. The van der Waals surface area contributed by atoms with Crippen LogP contribution in [0.15, 0.2) is 0 Å². The highest BCUT2D eigenvalue weighted by molar-refractivity contribution is 5.74. The highest BCUT2D eigenvalue weighted by Gasteiger charge is 2.40. The Labute approximate surface area is 95.7 Å². The second kappa shape index (κ2) is 4.44. The third-order valence-electron chi connectivity index (χ3n) is 3.63. The van der Waals surface area contributed by atoms with Gasteiger partial charge in [-0.15, -0.1) is 0 Å². The van der Waals surface area contributed by atoms with Crippen molar-refractivity contribution in [2.75, 3.05) is 0 Å². The zero-order valence-electron chi connectivity index (χ0n) is 10.1. The van der Waals surface area contributed by atoms with Gasteiger partial charge in [0.15, 0.2) is 0 Å². The summed E-state index contributed by atoms with van der Waals surface area (Å²) in [5, 5.41) is 18.1. The molecule has 3 atom stereocenters. The van der Waals surface area contributed by atoms with Gasteiger partial charge in [0.2, 0.25) is 0 Å². The van der Waals surface area contributed by atoms with Crippen molar-refractivity contribution in [1.29, 1.82) is 0 Å². The summed E-state index contributed by atoms with van der Waals surface area (Å²) < 4.78 is 0. The fraction of sp³-hybridized carbons (Fsp3) is 0.833. The van der Waals surface area contributed by atoms with E-state index in [-0.39, 0.29) is 17.8 Å². The molecule has 0 bridgehead atoms. The van der Waals surface area contributed by atoms with Gasteiger partial charge < -0.3 is 10.2 Å². The molecule has 0 radical (unpaired) electrons. The van der Waals surface area contributed by atoms with E-state index in [9.17, 15) is 9.59 Å². The lowest BCUT2D eigenvalue weighted by atomic mass is 9.66. The quantitative estimate of drug-likeness (QED) is 0.760. The number of carbonyl (C=O) groups is 2. The summed E-state index contributed by atoms with van der Waals surface area (Å²) in [6, 6.07) is 0. The van der Waals surface area contributed by atoms with E-state index in [0.29, 0.717) is 12.8 Å². The van der Waals surface area contributed by atoms with E-state index in [2.05, 4.69) is 0 Å². The lowest BCUT2D eigenvalue weighted by molar-refractivity contribution is -0.150. The van der Waals surface area contributed by atoms with Crippen LogP contribution >= 0.6 is 0 Å². The molecule has 1 fully saturated rings. The molecule has 16 heavy (non-hydrogen) atoms. The van der Waals surface area contributed by atoms with Crippen molar-refractivity contribution in [2.45, 2.75) is 40.0 Å². The zero-order valence-corrected chi connectivity index (χ0v) is 10.1. The first-order valence-electron chi connectivity index (χ1n) is 5.67. The Morgan fingerprint density at radius 2 is 1.31 bits per heavy atom. The van der Waals surface area contributed by atoms with Gasteiger partial charge in [-0.2, -0.15) is 0 Å². The van der Waals surface area contributed by atoms with Crippen molar-refractivity contribution in [3.8, 4) is 0 Å². The molecule has 1 unspecified atom stereocenters. The Morgan fingerprint density at radius 1 is 0.938 bits per heavy atom. The molecular formula is C12H20O4. The molecule has 0 spiro atoms. The first-order chi connectivity index (χ1) is 7.21. The van der Waals surface area contributed by atoms with Gasteiger partial charge in [0.1, 0.15) is 0 Å². The van der Waals surface area contributed by atoms with Crippen molar-refractivity contribution in [3.05, 3.63) is 0 Å². The normalized spacial score (nSPS) is 31.1. The van der Waals surface area contributed by atoms with Gasteiger partial charge >= 0.3 is 11.9 Å². The monoisotopic (exact) mass is 228 g/mol. The average Bonchev–Trinajstić information content (AvgIpc) is 2.15. The van der Waals surface area contributed by atoms with Crippen LogP contribution in [0.1, 0.15) is 40.0 Å². The second-order valence-corrected chi connectivity index (χ2v) is 5.84. The maximum atomic E-state index is 11.0. The van der Waals surface area contributed by atoms with E-state index < -0.39 is 23.8 Å². The largest absolute Gasteiger partial charge is 0.481 e. The molecule has 0 saturated heterocycles. The smallest absolute Gasteiger partial charge is 0.306 e. The summed E-state index contributed by atoms with van der Waals surface area (Å²) in [5.41, 5.74) is -0.0260. The van der Waals surface area contributed by atoms with E-state index in [1.165, 1.54) is 0 Å². The highest BCUT2D eigenvalue weighted by atomic mass is 16.4. The minimum Gasteiger partial charge on any atom is -0.481 e. The number of carboxylic acids is 2. The van der Waals surface area contributed by atoms with E-state index in [1.54, 1.807) is 0 Å². The fourth-order valence-electron chi connectivity index (χ4n) is 2.43. The molecule has 0 heterocycles. The lowest BCUT2D eigenvalue weighted by Gasteiger charge is -2.38. The van der Waals surface area contributed by atoms with Crippen LogP contribution < -0.4 is 0 Å². The fourth-order valence-corrected chi connectivity index (χ4v) is 2.43. The molecule has 0 amide bonds. The van der Waals surface area contributed by atoms with Crippen molar-refractivity contribution in [1.82, 2.24) is 0 Å².